The fraction of sp³-hybridized carbons (Fsp3) is 0.529. The topological polar surface area (TPSA) is 68.2 Å². The van der Waals surface area contributed by atoms with E-state index in [1.807, 2.05) is 6.07 Å². The van der Waals surface area contributed by atoms with Gasteiger partial charge in [0.15, 0.2) is 5.82 Å². The van der Waals surface area contributed by atoms with Gasteiger partial charge < -0.3 is 10.3 Å². The van der Waals surface area contributed by atoms with E-state index in [0.29, 0.717) is 5.89 Å². The SMILES string of the molecule is CC1(CN)CCN(Cc2nc(CCc3ccccc3)no2)C1.Cl. The maximum Gasteiger partial charge on any atom is 0.240 e. The first-order chi connectivity index (χ1) is 10.7. The molecule has 126 valence electrons. The second kappa shape index (κ2) is 7.90. The van der Waals surface area contributed by atoms with E-state index in [9.17, 15) is 0 Å². The van der Waals surface area contributed by atoms with Gasteiger partial charge in [-0.25, -0.2) is 0 Å². The van der Waals surface area contributed by atoms with Crippen LogP contribution in [0.2, 0.25) is 0 Å². The van der Waals surface area contributed by atoms with Gasteiger partial charge in [0.25, 0.3) is 0 Å². The number of aromatic nitrogens is 2. The molecule has 2 heterocycles. The van der Waals surface area contributed by atoms with E-state index in [1.165, 1.54) is 5.56 Å². The fourth-order valence-electron chi connectivity index (χ4n) is 2.98. The van der Waals surface area contributed by atoms with Gasteiger partial charge in [-0.3, -0.25) is 4.90 Å². The highest BCUT2D eigenvalue weighted by Crippen LogP contribution is 2.29. The largest absolute Gasteiger partial charge is 0.338 e. The van der Waals surface area contributed by atoms with Crippen LogP contribution in [0.4, 0.5) is 0 Å². The van der Waals surface area contributed by atoms with Gasteiger partial charge in [-0.1, -0.05) is 42.4 Å². The predicted octanol–water partition coefficient (Wildman–Crippen LogP) is 2.45. The van der Waals surface area contributed by atoms with Crippen molar-refractivity contribution < 1.29 is 4.52 Å². The van der Waals surface area contributed by atoms with Gasteiger partial charge in [-0.05, 0) is 36.9 Å². The van der Waals surface area contributed by atoms with Crippen molar-refractivity contribution in [3.8, 4) is 0 Å². The molecule has 5 nitrogen and oxygen atoms in total. The van der Waals surface area contributed by atoms with Crippen LogP contribution in [0.1, 0.15) is 30.6 Å². The van der Waals surface area contributed by atoms with Crippen LogP contribution in [0, 0.1) is 5.41 Å². The molecule has 1 saturated heterocycles. The lowest BCUT2D eigenvalue weighted by atomic mass is 9.90. The van der Waals surface area contributed by atoms with Crippen molar-refractivity contribution in [1.29, 1.82) is 0 Å². The highest BCUT2D eigenvalue weighted by atomic mass is 35.5. The van der Waals surface area contributed by atoms with E-state index in [4.69, 9.17) is 10.3 Å². The van der Waals surface area contributed by atoms with Crippen molar-refractivity contribution in [3.63, 3.8) is 0 Å². The molecule has 1 aromatic carbocycles. The average molecular weight is 337 g/mol. The molecule has 6 heteroatoms. The number of likely N-dealkylation sites (tertiary alicyclic amines) is 1. The number of rotatable bonds is 6. The molecule has 1 aromatic heterocycles. The van der Waals surface area contributed by atoms with Crippen molar-refractivity contribution >= 4 is 12.4 Å². The zero-order valence-electron chi connectivity index (χ0n) is 13.6. The van der Waals surface area contributed by atoms with Crippen molar-refractivity contribution in [2.45, 2.75) is 32.7 Å². The molecule has 1 fully saturated rings. The Bertz CT molecular complexity index is 604. The molecule has 3 rings (SSSR count). The summed E-state index contributed by atoms with van der Waals surface area (Å²) >= 11 is 0. The lowest BCUT2D eigenvalue weighted by molar-refractivity contribution is 0.238. The standard InChI is InChI=1S/C17H24N4O.ClH/c1-17(12-18)9-10-21(13-17)11-16-19-15(20-22-16)8-7-14-5-3-2-4-6-14;/h2-6H,7-13,18H2,1H3;1H. The molecule has 0 spiro atoms. The van der Waals surface area contributed by atoms with Crippen LogP contribution in [0.5, 0.6) is 0 Å². The van der Waals surface area contributed by atoms with E-state index in [0.717, 1.165) is 51.3 Å². The third-order valence-corrected chi connectivity index (χ3v) is 4.48. The van der Waals surface area contributed by atoms with Gasteiger partial charge in [0.1, 0.15) is 0 Å². The first-order valence-corrected chi connectivity index (χ1v) is 7.95. The summed E-state index contributed by atoms with van der Waals surface area (Å²) in [5, 5.41) is 4.09. The van der Waals surface area contributed by atoms with E-state index < -0.39 is 0 Å². The summed E-state index contributed by atoms with van der Waals surface area (Å²) in [6.07, 6.45) is 2.89. The van der Waals surface area contributed by atoms with E-state index >= 15 is 0 Å². The van der Waals surface area contributed by atoms with Gasteiger partial charge in [-0.15, -0.1) is 12.4 Å². The molecule has 1 atom stereocenters. The van der Waals surface area contributed by atoms with E-state index in [2.05, 4.69) is 46.2 Å². The summed E-state index contributed by atoms with van der Waals surface area (Å²) in [6, 6.07) is 10.4. The van der Waals surface area contributed by atoms with Crippen molar-refractivity contribution in [1.82, 2.24) is 15.0 Å². The van der Waals surface area contributed by atoms with Gasteiger partial charge in [0.05, 0.1) is 6.54 Å². The number of nitrogens with two attached hydrogens (primary N) is 1. The molecule has 0 amide bonds. The molecule has 2 N–H and O–H groups in total. The molecule has 0 aliphatic carbocycles. The number of halogens is 1. The van der Waals surface area contributed by atoms with Gasteiger partial charge in [0, 0.05) is 13.0 Å². The minimum Gasteiger partial charge on any atom is -0.338 e. The fourth-order valence-corrected chi connectivity index (χ4v) is 2.98. The molecule has 2 aromatic rings. The molecule has 0 bridgehead atoms. The third-order valence-electron chi connectivity index (χ3n) is 4.48. The number of aryl methyl sites for hydroxylation is 2. The Hall–Kier alpha value is -1.43. The Kier molecular flexibility index (Phi) is 6.16. The highest BCUT2D eigenvalue weighted by Gasteiger charge is 2.33. The van der Waals surface area contributed by atoms with Crippen molar-refractivity contribution in [3.05, 3.63) is 47.6 Å². The summed E-state index contributed by atoms with van der Waals surface area (Å²) in [4.78, 5) is 6.86. The lowest BCUT2D eigenvalue weighted by Gasteiger charge is -2.21. The summed E-state index contributed by atoms with van der Waals surface area (Å²) in [7, 11) is 0. The smallest absolute Gasteiger partial charge is 0.240 e. The Morgan fingerprint density at radius 3 is 2.74 bits per heavy atom. The summed E-state index contributed by atoms with van der Waals surface area (Å²) < 4.78 is 5.38. The highest BCUT2D eigenvalue weighted by molar-refractivity contribution is 5.85. The quantitative estimate of drug-likeness (QED) is 0.877. The van der Waals surface area contributed by atoms with E-state index in [-0.39, 0.29) is 17.8 Å². The van der Waals surface area contributed by atoms with Crippen LogP contribution in [0.3, 0.4) is 0 Å². The van der Waals surface area contributed by atoms with Crippen molar-refractivity contribution in [2.75, 3.05) is 19.6 Å². The third kappa shape index (κ3) is 4.77. The Morgan fingerprint density at radius 2 is 2.04 bits per heavy atom. The van der Waals surface area contributed by atoms with Crippen LogP contribution in [-0.2, 0) is 19.4 Å². The molecule has 0 saturated carbocycles. The van der Waals surface area contributed by atoms with Gasteiger partial charge in [-0.2, -0.15) is 4.98 Å². The van der Waals surface area contributed by atoms with Crippen molar-refractivity contribution in [2.24, 2.45) is 11.1 Å². The monoisotopic (exact) mass is 336 g/mol. The number of benzene rings is 1. The first kappa shape index (κ1) is 17.9. The van der Waals surface area contributed by atoms with Gasteiger partial charge >= 0.3 is 0 Å². The van der Waals surface area contributed by atoms with Crippen LogP contribution in [0.25, 0.3) is 0 Å². The van der Waals surface area contributed by atoms with Crippen LogP contribution in [0.15, 0.2) is 34.9 Å². The molecular formula is C17H25ClN4O. The second-order valence-electron chi connectivity index (χ2n) is 6.57. The number of hydrogen-bond donors (Lipinski definition) is 1. The predicted molar refractivity (Wildman–Crippen MR) is 92.5 cm³/mol. The second-order valence-corrected chi connectivity index (χ2v) is 6.57. The molecule has 1 aliphatic rings. The van der Waals surface area contributed by atoms with Crippen LogP contribution in [-0.4, -0.2) is 34.7 Å². The Morgan fingerprint density at radius 1 is 1.26 bits per heavy atom. The minimum atomic E-state index is 0. The molecule has 0 radical (unpaired) electrons. The maximum atomic E-state index is 5.84. The Labute approximate surface area is 143 Å². The van der Waals surface area contributed by atoms with E-state index in [1.54, 1.807) is 0 Å². The maximum absolute atomic E-state index is 5.84. The lowest BCUT2D eigenvalue weighted by Crippen LogP contribution is -2.31. The zero-order valence-corrected chi connectivity index (χ0v) is 14.4. The Balaban J connectivity index is 0.00000192. The normalized spacial score (nSPS) is 21.3. The van der Waals surface area contributed by atoms with Crippen LogP contribution >= 0.6 is 12.4 Å². The molecule has 23 heavy (non-hydrogen) atoms. The number of hydrogen-bond acceptors (Lipinski definition) is 5. The first-order valence-electron chi connectivity index (χ1n) is 7.95. The zero-order chi connectivity index (χ0) is 15.4. The summed E-state index contributed by atoms with van der Waals surface area (Å²) in [6.45, 7) is 5.76. The summed E-state index contributed by atoms with van der Waals surface area (Å²) in [5.74, 6) is 1.50. The number of nitrogens with zero attached hydrogens (tertiary/aromatic N) is 3. The van der Waals surface area contributed by atoms with Gasteiger partial charge in [0.2, 0.25) is 5.89 Å². The summed E-state index contributed by atoms with van der Waals surface area (Å²) in [5.41, 5.74) is 7.38. The molecule has 1 aliphatic heterocycles. The van der Waals surface area contributed by atoms with Crippen LogP contribution < -0.4 is 5.73 Å². The minimum absolute atomic E-state index is 0. The molecule has 1 unspecified atom stereocenters. The average Bonchev–Trinajstić information content (AvgIpc) is 3.14. The molecular weight excluding hydrogens is 312 g/mol.